The predicted octanol–water partition coefficient (Wildman–Crippen LogP) is 1.22. The highest BCUT2D eigenvalue weighted by Crippen LogP contribution is 2.20. The molecule has 4 N–H and O–H groups in total. The molecule has 0 bridgehead atoms. The van der Waals surface area contributed by atoms with Crippen LogP contribution in [0.2, 0.25) is 0 Å². The van der Waals surface area contributed by atoms with Gasteiger partial charge in [0.15, 0.2) is 0 Å². The van der Waals surface area contributed by atoms with Crippen LogP contribution in [-0.2, 0) is 0 Å². The fourth-order valence-corrected chi connectivity index (χ4v) is 1.47. The number of aliphatic hydroxyl groups is 2. The number of nitrogens with one attached hydrogen (secondary N) is 2. The van der Waals surface area contributed by atoms with Crippen molar-refractivity contribution in [2.75, 3.05) is 30.3 Å². The molecule has 1 aromatic heterocycles. The summed E-state index contributed by atoms with van der Waals surface area (Å²) in [5.74, 6) is 1.11. The Balaban J connectivity index is 2.69. The maximum atomic E-state index is 9.70. The molecular formula is C11H19BrN4O2. The van der Waals surface area contributed by atoms with Crippen LogP contribution in [0, 0.1) is 0 Å². The Kier molecular flexibility index (Phi) is 5.77. The summed E-state index contributed by atoms with van der Waals surface area (Å²) in [4.78, 5) is 8.39. The van der Waals surface area contributed by atoms with Crippen molar-refractivity contribution in [2.45, 2.75) is 25.9 Å². The zero-order valence-electron chi connectivity index (χ0n) is 10.6. The van der Waals surface area contributed by atoms with Crippen molar-refractivity contribution in [2.24, 2.45) is 0 Å². The molecule has 1 rings (SSSR count). The first kappa shape index (κ1) is 15.1. The average Bonchev–Trinajstić information content (AvgIpc) is 2.36. The summed E-state index contributed by atoms with van der Waals surface area (Å²) >= 11 is 3.33. The van der Waals surface area contributed by atoms with Gasteiger partial charge in [0.05, 0.1) is 11.1 Å². The van der Waals surface area contributed by atoms with Gasteiger partial charge in [-0.3, -0.25) is 0 Å². The lowest BCUT2D eigenvalue weighted by molar-refractivity contribution is 0.0131. The molecule has 7 heteroatoms. The van der Waals surface area contributed by atoms with E-state index in [0.717, 1.165) is 13.0 Å². The van der Waals surface area contributed by atoms with Gasteiger partial charge in [0, 0.05) is 19.3 Å². The summed E-state index contributed by atoms with van der Waals surface area (Å²) in [5, 5.41) is 24.7. The summed E-state index contributed by atoms with van der Waals surface area (Å²) in [6.07, 6.45) is 2.63. The molecule has 1 unspecified atom stereocenters. The van der Waals surface area contributed by atoms with Crippen molar-refractivity contribution >= 4 is 27.7 Å². The fourth-order valence-electron chi connectivity index (χ4n) is 1.14. The molecule has 0 saturated heterocycles. The molecule has 0 aliphatic rings. The number of anilines is 2. The van der Waals surface area contributed by atoms with Crippen molar-refractivity contribution < 1.29 is 10.2 Å². The molecule has 0 fully saturated rings. The third-order valence-electron chi connectivity index (χ3n) is 2.25. The highest BCUT2D eigenvalue weighted by molar-refractivity contribution is 9.10. The zero-order valence-corrected chi connectivity index (χ0v) is 12.2. The first-order valence-electron chi connectivity index (χ1n) is 5.82. The number of aliphatic hydroxyl groups excluding tert-OH is 1. The van der Waals surface area contributed by atoms with Crippen LogP contribution in [0.1, 0.15) is 20.3 Å². The second kappa shape index (κ2) is 6.86. The van der Waals surface area contributed by atoms with Gasteiger partial charge in [-0.1, -0.05) is 6.92 Å². The largest absolute Gasteiger partial charge is 0.393 e. The Morgan fingerprint density at radius 1 is 1.44 bits per heavy atom. The molecule has 1 atom stereocenters. The van der Waals surface area contributed by atoms with E-state index in [1.54, 1.807) is 13.1 Å². The van der Waals surface area contributed by atoms with Crippen LogP contribution in [-0.4, -0.2) is 45.5 Å². The normalized spacial score (nSPS) is 14.1. The van der Waals surface area contributed by atoms with E-state index in [9.17, 15) is 5.11 Å². The van der Waals surface area contributed by atoms with E-state index in [4.69, 9.17) is 5.11 Å². The maximum Gasteiger partial charge on any atom is 0.224 e. The van der Waals surface area contributed by atoms with Gasteiger partial charge in [0.1, 0.15) is 11.4 Å². The van der Waals surface area contributed by atoms with Crippen LogP contribution < -0.4 is 10.6 Å². The van der Waals surface area contributed by atoms with Crippen LogP contribution in [0.4, 0.5) is 11.8 Å². The number of rotatable bonds is 7. The lowest BCUT2D eigenvalue weighted by Crippen LogP contribution is -2.37. The van der Waals surface area contributed by atoms with Crippen LogP contribution in [0.3, 0.4) is 0 Å². The van der Waals surface area contributed by atoms with Crippen LogP contribution >= 0.6 is 15.9 Å². The second-order valence-corrected chi connectivity index (χ2v) is 5.18. The van der Waals surface area contributed by atoms with E-state index < -0.39 is 5.60 Å². The first-order chi connectivity index (χ1) is 8.48. The van der Waals surface area contributed by atoms with Crippen molar-refractivity contribution in [3.05, 3.63) is 10.7 Å². The standard InChI is InChI=1S/C11H19BrN4O2/c1-3-4-13-10-14-5-8(12)9(16-10)15-6-11(2,18)7-17/h5,17-18H,3-4,6-7H2,1-2H3,(H2,13,14,15,16). The third kappa shape index (κ3) is 4.75. The smallest absolute Gasteiger partial charge is 0.224 e. The van der Waals surface area contributed by atoms with Gasteiger partial charge in [0.2, 0.25) is 5.95 Å². The van der Waals surface area contributed by atoms with E-state index in [2.05, 4.69) is 43.5 Å². The minimum Gasteiger partial charge on any atom is -0.393 e. The van der Waals surface area contributed by atoms with E-state index in [0.29, 0.717) is 16.2 Å². The second-order valence-electron chi connectivity index (χ2n) is 4.33. The molecule has 102 valence electrons. The van der Waals surface area contributed by atoms with Crippen molar-refractivity contribution in [1.29, 1.82) is 0 Å². The molecule has 0 spiro atoms. The fraction of sp³-hybridized carbons (Fsp3) is 0.636. The molecule has 0 saturated carbocycles. The van der Waals surface area contributed by atoms with Crippen molar-refractivity contribution in [3.8, 4) is 0 Å². The quantitative estimate of drug-likeness (QED) is 0.604. The molecule has 6 nitrogen and oxygen atoms in total. The molecule has 1 heterocycles. The van der Waals surface area contributed by atoms with Crippen LogP contribution in [0.15, 0.2) is 10.7 Å². The van der Waals surface area contributed by atoms with Crippen molar-refractivity contribution in [1.82, 2.24) is 9.97 Å². The summed E-state index contributed by atoms with van der Waals surface area (Å²) in [7, 11) is 0. The van der Waals surface area contributed by atoms with Crippen LogP contribution in [0.25, 0.3) is 0 Å². The number of hydrogen-bond acceptors (Lipinski definition) is 6. The summed E-state index contributed by atoms with van der Waals surface area (Å²) < 4.78 is 0.707. The molecule has 0 aliphatic heterocycles. The van der Waals surface area contributed by atoms with E-state index in [1.165, 1.54) is 0 Å². The van der Waals surface area contributed by atoms with Gasteiger partial charge in [-0.15, -0.1) is 0 Å². The van der Waals surface area contributed by atoms with Gasteiger partial charge >= 0.3 is 0 Å². The number of halogens is 1. The Morgan fingerprint density at radius 3 is 2.78 bits per heavy atom. The first-order valence-corrected chi connectivity index (χ1v) is 6.61. The number of aromatic nitrogens is 2. The van der Waals surface area contributed by atoms with Gasteiger partial charge in [-0.2, -0.15) is 4.98 Å². The third-order valence-corrected chi connectivity index (χ3v) is 2.83. The van der Waals surface area contributed by atoms with Gasteiger partial charge < -0.3 is 20.8 Å². The molecule has 1 aromatic rings. The molecular weight excluding hydrogens is 300 g/mol. The van der Waals surface area contributed by atoms with E-state index in [1.807, 2.05) is 0 Å². The topological polar surface area (TPSA) is 90.3 Å². The minimum atomic E-state index is -1.18. The predicted molar refractivity (Wildman–Crippen MR) is 74.7 cm³/mol. The van der Waals surface area contributed by atoms with Crippen LogP contribution in [0.5, 0.6) is 0 Å². The van der Waals surface area contributed by atoms with Crippen molar-refractivity contribution in [3.63, 3.8) is 0 Å². The molecule has 18 heavy (non-hydrogen) atoms. The van der Waals surface area contributed by atoms with Gasteiger partial charge in [-0.25, -0.2) is 4.98 Å². The SMILES string of the molecule is CCCNc1ncc(Br)c(NCC(C)(O)CO)n1. The lowest BCUT2D eigenvalue weighted by atomic mass is 10.1. The molecule has 0 amide bonds. The Labute approximate surface area is 115 Å². The van der Waals surface area contributed by atoms with Gasteiger partial charge in [-0.05, 0) is 29.3 Å². The Morgan fingerprint density at radius 2 is 2.17 bits per heavy atom. The Hall–Kier alpha value is -0.920. The maximum absolute atomic E-state index is 9.70. The summed E-state index contributed by atoms with van der Waals surface area (Å²) in [6, 6.07) is 0. The highest BCUT2D eigenvalue weighted by Gasteiger charge is 2.19. The van der Waals surface area contributed by atoms with Gasteiger partial charge in [0.25, 0.3) is 0 Å². The molecule has 0 aromatic carbocycles. The highest BCUT2D eigenvalue weighted by atomic mass is 79.9. The number of hydrogen-bond donors (Lipinski definition) is 4. The van der Waals surface area contributed by atoms with E-state index in [-0.39, 0.29) is 13.2 Å². The summed E-state index contributed by atoms with van der Waals surface area (Å²) in [6.45, 7) is 4.29. The number of nitrogens with zero attached hydrogens (tertiary/aromatic N) is 2. The molecule has 0 radical (unpaired) electrons. The minimum absolute atomic E-state index is 0.201. The zero-order chi connectivity index (χ0) is 13.6. The molecule has 0 aliphatic carbocycles. The lowest BCUT2D eigenvalue weighted by Gasteiger charge is -2.21. The van der Waals surface area contributed by atoms with E-state index >= 15 is 0 Å². The monoisotopic (exact) mass is 318 g/mol. The average molecular weight is 319 g/mol. The Bertz CT molecular complexity index is 387. The summed E-state index contributed by atoms with van der Waals surface area (Å²) in [5.41, 5.74) is -1.18.